The summed E-state index contributed by atoms with van der Waals surface area (Å²) in [4.78, 5) is 41.5. The Balaban J connectivity index is 1.45. The summed E-state index contributed by atoms with van der Waals surface area (Å²) in [6.07, 6.45) is 5.42. The fourth-order valence-electron chi connectivity index (χ4n) is 5.22. The van der Waals surface area contributed by atoms with Crippen molar-refractivity contribution in [3.8, 4) is 0 Å². The number of aromatic amines is 1. The molecule has 3 aliphatic rings. The van der Waals surface area contributed by atoms with Crippen LogP contribution in [-0.4, -0.2) is 26.7 Å². The Bertz CT molecular complexity index is 1090. The molecule has 2 aromatic rings. The number of fused-ring (bicyclic) bond motifs is 2. The van der Waals surface area contributed by atoms with Gasteiger partial charge in [-0.3, -0.25) is 24.5 Å². The van der Waals surface area contributed by atoms with Crippen LogP contribution in [0.5, 0.6) is 0 Å². The van der Waals surface area contributed by atoms with Crippen LogP contribution in [0, 0.1) is 23.2 Å². The van der Waals surface area contributed by atoms with E-state index in [1.165, 1.54) is 6.42 Å². The highest BCUT2D eigenvalue weighted by Gasteiger charge is 2.56. The smallest absolute Gasteiger partial charge is 0.287 e. The van der Waals surface area contributed by atoms with E-state index < -0.39 is 17.0 Å². The Labute approximate surface area is 185 Å². The summed E-state index contributed by atoms with van der Waals surface area (Å²) in [7, 11) is 0. The molecule has 3 fully saturated rings. The van der Waals surface area contributed by atoms with Gasteiger partial charge in [0.25, 0.3) is 11.1 Å². The first-order chi connectivity index (χ1) is 14.7. The predicted molar refractivity (Wildman–Crippen MR) is 119 cm³/mol. The van der Waals surface area contributed by atoms with Crippen molar-refractivity contribution in [3.05, 3.63) is 55.8 Å². The third-order valence-electron chi connectivity index (χ3n) is 7.34. The summed E-state index contributed by atoms with van der Waals surface area (Å²) >= 11 is 6.28. The fraction of sp³-hybridized carbons (Fsp3) is 0.545. The van der Waals surface area contributed by atoms with Crippen LogP contribution in [0.2, 0.25) is 5.02 Å². The van der Waals surface area contributed by atoms with Crippen LogP contribution >= 0.6 is 11.6 Å². The SMILES string of the molecule is C[C@H]1[C@H](Nc2c(Cl)c(=O)n(CC(=O)NCc3ccncc3)[nH]c2=O)C[C@H]2C[C@@H]1C2(C)C. The number of aromatic nitrogens is 3. The first kappa shape index (κ1) is 21.6. The van der Waals surface area contributed by atoms with Crippen molar-refractivity contribution in [2.75, 3.05) is 5.32 Å². The topological polar surface area (TPSA) is 109 Å². The molecular weight excluding hydrogens is 418 g/mol. The predicted octanol–water partition coefficient (Wildman–Crippen LogP) is 2.38. The molecule has 0 aliphatic heterocycles. The number of carbonyl (C=O) groups is 1. The van der Waals surface area contributed by atoms with Gasteiger partial charge in [0, 0.05) is 25.0 Å². The summed E-state index contributed by atoms with van der Waals surface area (Å²) < 4.78 is 0.947. The number of carbonyl (C=O) groups excluding carboxylic acids is 1. The Morgan fingerprint density at radius 1 is 1.29 bits per heavy atom. The number of halogens is 1. The first-order valence-electron chi connectivity index (χ1n) is 10.6. The van der Waals surface area contributed by atoms with E-state index in [-0.39, 0.29) is 23.3 Å². The van der Waals surface area contributed by atoms with Crippen molar-refractivity contribution < 1.29 is 4.79 Å². The lowest BCUT2D eigenvalue weighted by Gasteiger charge is -2.62. The van der Waals surface area contributed by atoms with Crippen LogP contribution in [0.3, 0.4) is 0 Å². The second-order valence-corrected chi connectivity index (χ2v) is 9.74. The van der Waals surface area contributed by atoms with Gasteiger partial charge in [-0.15, -0.1) is 0 Å². The Kier molecular flexibility index (Phi) is 5.68. The number of nitrogens with one attached hydrogen (secondary N) is 3. The van der Waals surface area contributed by atoms with E-state index in [1.807, 2.05) is 0 Å². The van der Waals surface area contributed by atoms with Crippen molar-refractivity contribution in [2.24, 2.45) is 23.2 Å². The Morgan fingerprint density at radius 3 is 2.65 bits per heavy atom. The summed E-state index contributed by atoms with van der Waals surface area (Å²) in [5.74, 6) is 1.16. The maximum Gasteiger partial charge on any atom is 0.287 e. The minimum atomic E-state index is -0.600. The lowest BCUT2D eigenvalue weighted by atomic mass is 9.45. The Morgan fingerprint density at radius 2 is 2.00 bits per heavy atom. The monoisotopic (exact) mass is 445 g/mol. The fourth-order valence-corrected chi connectivity index (χ4v) is 5.46. The molecular formula is C22H28ClN5O3. The van der Waals surface area contributed by atoms with Gasteiger partial charge in [-0.2, -0.15) is 0 Å². The van der Waals surface area contributed by atoms with Crippen LogP contribution in [-0.2, 0) is 17.9 Å². The van der Waals surface area contributed by atoms with Gasteiger partial charge in [0.2, 0.25) is 5.91 Å². The van der Waals surface area contributed by atoms with Gasteiger partial charge >= 0.3 is 0 Å². The van der Waals surface area contributed by atoms with E-state index in [9.17, 15) is 14.4 Å². The molecule has 0 saturated heterocycles. The highest BCUT2D eigenvalue weighted by molar-refractivity contribution is 6.32. The van der Waals surface area contributed by atoms with Crippen LogP contribution in [0.25, 0.3) is 0 Å². The van der Waals surface area contributed by atoms with E-state index in [0.717, 1.165) is 16.7 Å². The minimum absolute atomic E-state index is 0.0919. The maximum atomic E-state index is 12.7. The molecule has 5 rings (SSSR count). The molecule has 3 N–H and O–H groups in total. The number of amides is 1. The summed E-state index contributed by atoms with van der Waals surface area (Å²) in [5.41, 5.74) is 0.190. The highest BCUT2D eigenvalue weighted by atomic mass is 35.5. The van der Waals surface area contributed by atoms with Crippen LogP contribution in [0.4, 0.5) is 5.69 Å². The third-order valence-corrected chi connectivity index (χ3v) is 7.69. The molecule has 2 aromatic heterocycles. The molecule has 31 heavy (non-hydrogen) atoms. The van der Waals surface area contributed by atoms with E-state index in [4.69, 9.17) is 11.6 Å². The summed E-state index contributed by atoms with van der Waals surface area (Å²) in [6.45, 7) is 6.78. The molecule has 2 heterocycles. The standard InChI is InChI=1S/C22H28ClN5O3/c1-12-15-8-14(22(15,2)3)9-16(12)26-19-18(23)21(31)28(27-20(19)30)11-17(29)25-10-13-4-6-24-7-5-13/h4-7,12,14-16,26H,8-11H2,1-3H3,(H,25,29)(H,27,30)/t12-,14-,15+,16-/m1/s1. The molecule has 0 spiro atoms. The van der Waals surface area contributed by atoms with Gasteiger partial charge in [-0.1, -0.05) is 32.4 Å². The third kappa shape index (κ3) is 4.01. The molecule has 0 radical (unpaired) electrons. The first-order valence-corrected chi connectivity index (χ1v) is 11.0. The number of hydrogen-bond acceptors (Lipinski definition) is 5. The quantitative estimate of drug-likeness (QED) is 0.632. The Hall–Kier alpha value is -2.61. The van der Waals surface area contributed by atoms with E-state index in [2.05, 4.69) is 41.5 Å². The van der Waals surface area contributed by atoms with Crippen molar-refractivity contribution in [1.29, 1.82) is 0 Å². The molecule has 3 saturated carbocycles. The van der Waals surface area contributed by atoms with Crippen LogP contribution in [0.15, 0.2) is 34.1 Å². The minimum Gasteiger partial charge on any atom is -0.376 e. The molecule has 4 atom stereocenters. The van der Waals surface area contributed by atoms with Gasteiger partial charge < -0.3 is 10.6 Å². The molecule has 0 aromatic carbocycles. The van der Waals surface area contributed by atoms with Crippen molar-refractivity contribution >= 4 is 23.2 Å². The summed E-state index contributed by atoms with van der Waals surface area (Å²) in [5, 5.41) is 8.25. The molecule has 8 nitrogen and oxygen atoms in total. The summed E-state index contributed by atoms with van der Waals surface area (Å²) in [6, 6.07) is 3.65. The average molecular weight is 446 g/mol. The average Bonchev–Trinajstić information content (AvgIpc) is 2.74. The number of rotatable bonds is 6. The molecule has 3 aliphatic carbocycles. The lowest BCUT2D eigenvalue weighted by molar-refractivity contribution is -0.122. The highest BCUT2D eigenvalue weighted by Crippen LogP contribution is 2.61. The van der Waals surface area contributed by atoms with Crippen molar-refractivity contribution in [1.82, 2.24) is 20.1 Å². The van der Waals surface area contributed by atoms with Gasteiger partial charge in [0.15, 0.2) is 0 Å². The van der Waals surface area contributed by atoms with Crippen LogP contribution < -0.4 is 21.8 Å². The zero-order chi connectivity index (χ0) is 22.3. The van der Waals surface area contributed by atoms with Crippen LogP contribution in [0.1, 0.15) is 39.2 Å². The van der Waals surface area contributed by atoms with Gasteiger partial charge in [-0.25, -0.2) is 4.68 Å². The number of anilines is 1. The zero-order valence-corrected chi connectivity index (χ0v) is 18.7. The molecule has 0 unspecified atom stereocenters. The second-order valence-electron chi connectivity index (χ2n) is 9.36. The number of hydrogen-bond donors (Lipinski definition) is 3. The normalized spacial score (nSPS) is 26.1. The van der Waals surface area contributed by atoms with Crippen molar-refractivity contribution in [2.45, 2.75) is 52.7 Å². The molecule has 1 amide bonds. The number of nitrogens with zero attached hydrogens (tertiary/aromatic N) is 2. The lowest BCUT2D eigenvalue weighted by Crippen LogP contribution is -2.58. The second kappa shape index (κ2) is 8.15. The maximum absolute atomic E-state index is 12.7. The molecule has 2 bridgehead atoms. The molecule has 166 valence electrons. The van der Waals surface area contributed by atoms with Gasteiger partial charge in [0.1, 0.15) is 17.3 Å². The van der Waals surface area contributed by atoms with Gasteiger partial charge in [-0.05, 0) is 53.7 Å². The van der Waals surface area contributed by atoms with E-state index in [1.54, 1.807) is 24.5 Å². The largest absolute Gasteiger partial charge is 0.376 e. The number of pyridine rings is 1. The number of H-pyrrole nitrogens is 1. The van der Waals surface area contributed by atoms with E-state index >= 15 is 0 Å². The van der Waals surface area contributed by atoms with E-state index in [0.29, 0.717) is 29.7 Å². The molecule has 9 heteroatoms. The van der Waals surface area contributed by atoms with Crippen molar-refractivity contribution in [3.63, 3.8) is 0 Å². The van der Waals surface area contributed by atoms with Gasteiger partial charge in [0.05, 0.1) is 0 Å². The zero-order valence-electron chi connectivity index (χ0n) is 17.9.